The van der Waals surface area contributed by atoms with Crippen molar-refractivity contribution >= 4 is 11.9 Å². The van der Waals surface area contributed by atoms with Crippen LogP contribution < -0.4 is 0 Å². The van der Waals surface area contributed by atoms with Crippen LogP contribution in [0, 0.1) is 11.3 Å². The summed E-state index contributed by atoms with van der Waals surface area (Å²) in [6.07, 6.45) is -7.58. The largest absolute Gasteiger partial charge is 0.461 e. The maximum Gasteiger partial charge on any atom is 0.338 e. The van der Waals surface area contributed by atoms with Crippen molar-refractivity contribution in [3.63, 3.8) is 0 Å². The van der Waals surface area contributed by atoms with Gasteiger partial charge in [-0.15, -0.1) is 0 Å². The first-order chi connectivity index (χ1) is 16.4. The summed E-state index contributed by atoms with van der Waals surface area (Å²) >= 11 is 0. The molecule has 10 atom stereocenters. The highest BCUT2D eigenvalue weighted by molar-refractivity contribution is 5.90. The van der Waals surface area contributed by atoms with Crippen molar-refractivity contribution < 1.29 is 54.1 Å². The summed E-state index contributed by atoms with van der Waals surface area (Å²) in [4.78, 5) is 26.1. The molecule has 0 aromatic heterocycles. The summed E-state index contributed by atoms with van der Waals surface area (Å²) in [6.45, 7) is 2.08. The lowest BCUT2D eigenvalue weighted by atomic mass is 9.38. The topological polar surface area (TPSA) is 172 Å². The van der Waals surface area contributed by atoms with Crippen LogP contribution in [0.3, 0.4) is 0 Å². The standard InChI is InChI=1S/C24H30O11/c1-21(31)10-22(2)24(34-19-17(28)16(27)15(26)13(9-25)33-19)8-14(21)23(24,20(30)35-22)11-32-18(29)12-6-4-3-5-7-12/h3-7,13-17,19,25-28,31H,8-11H2,1-2H3/t13?,14-,15?,16?,17?,19?,21+,22-,23?,24-/m0/s1. The van der Waals surface area contributed by atoms with Gasteiger partial charge < -0.3 is 44.5 Å². The summed E-state index contributed by atoms with van der Waals surface area (Å²) in [5.41, 5.74) is -5.53. The Bertz CT molecular complexity index is 1010. The molecule has 2 heterocycles. The van der Waals surface area contributed by atoms with Crippen LogP contribution in [0.15, 0.2) is 30.3 Å². The second kappa shape index (κ2) is 7.94. The van der Waals surface area contributed by atoms with E-state index in [4.69, 9.17) is 18.9 Å². The monoisotopic (exact) mass is 494 g/mol. The number of carbonyl (C=O) groups excluding carboxylic acids is 2. The van der Waals surface area contributed by atoms with Gasteiger partial charge in [0.15, 0.2) is 6.29 Å². The predicted molar refractivity (Wildman–Crippen MR) is 115 cm³/mol. The van der Waals surface area contributed by atoms with Gasteiger partial charge in [-0.05, 0) is 32.4 Å². The number of ether oxygens (including phenoxy) is 4. The number of rotatable bonds is 6. The van der Waals surface area contributed by atoms with Crippen LogP contribution in [0.2, 0.25) is 0 Å². The Morgan fingerprint density at radius 3 is 2.46 bits per heavy atom. The fourth-order valence-electron chi connectivity index (χ4n) is 6.66. The second-order valence-electron chi connectivity index (χ2n) is 10.5. The summed E-state index contributed by atoms with van der Waals surface area (Å²) in [7, 11) is 0. The number of carbonyl (C=O) groups is 2. The first-order valence-electron chi connectivity index (χ1n) is 11.6. The van der Waals surface area contributed by atoms with Gasteiger partial charge >= 0.3 is 11.9 Å². The lowest BCUT2D eigenvalue weighted by Crippen LogP contribution is -2.82. The van der Waals surface area contributed by atoms with Crippen molar-refractivity contribution in [2.75, 3.05) is 13.2 Å². The second-order valence-corrected chi connectivity index (χ2v) is 10.5. The number of aliphatic hydroxyl groups excluding tert-OH is 4. The molecule has 6 unspecified atom stereocenters. The van der Waals surface area contributed by atoms with E-state index in [9.17, 15) is 35.1 Å². The van der Waals surface area contributed by atoms with Gasteiger partial charge in [-0.2, -0.15) is 0 Å². The van der Waals surface area contributed by atoms with Crippen molar-refractivity contribution in [1.82, 2.24) is 0 Å². The maximum atomic E-state index is 13.4. The SMILES string of the molecule is C[C@@]1(O)C[C@]2(C)OC(=O)C3(COC(=O)c4ccccc4)[C@H]1C[C@@]32OC1OC(CO)C(O)C(O)C1O. The van der Waals surface area contributed by atoms with E-state index in [-0.39, 0.29) is 18.4 Å². The molecule has 11 nitrogen and oxygen atoms in total. The molecule has 192 valence electrons. The molecule has 5 N–H and O–H groups in total. The van der Waals surface area contributed by atoms with Gasteiger partial charge in [0.05, 0.1) is 17.8 Å². The van der Waals surface area contributed by atoms with Gasteiger partial charge in [0.25, 0.3) is 0 Å². The van der Waals surface area contributed by atoms with E-state index < -0.39 is 84.0 Å². The van der Waals surface area contributed by atoms with Gasteiger partial charge in [-0.1, -0.05) is 18.2 Å². The fourth-order valence-corrected chi connectivity index (χ4v) is 6.66. The third kappa shape index (κ3) is 3.16. The van der Waals surface area contributed by atoms with Crippen LogP contribution in [0.5, 0.6) is 0 Å². The Balaban J connectivity index is 1.49. The lowest BCUT2D eigenvalue weighted by molar-refractivity contribution is -0.403. The number of aliphatic hydroxyl groups is 5. The molecule has 2 aliphatic heterocycles. The zero-order valence-electron chi connectivity index (χ0n) is 19.4. The smallest absolute Gasteiger partial charge is 0.338 e. The van der Waals surface area contributed by atoms with Crippen molar-refractivity contribution in [2.24, 2.45) is 11.3 Å². The Kier molecular flexibility index (Phi) is 5.57. The van der Waals surface area contributed by atoms with Gasteiger partial charge in [0.2, 0.25) is 0 Å². The van der Waals surface area contributed by atoms with Crippen molar-refractivity contribution in [3.8, 4) is 0 Å². The van der Waals surface area contributed by atoms with E-state index >= 15 is 0 Å². The number of hydrogen-bond acceptors (Lipinski definition) is 11. The Hall–Kier alpha value is -2.12. The molecule has 6 rings (SSSR count). The molecule has 0 radical (unpaired) electrons. The molecule has 4 bridgehead atoms. The Labute approximate surface area is 201 Å². The number of fused-ring (bicyclic) bond motifs is 1. The quantitative estimate of drug-likeness (QED) is 0.303. The van der Waals surface area contributed by atoms with E-state index in [1.165, 1.54) is 0 Å². The van der Waals surface area contributed by atoms with Crippen LogP contribution in [0.4, 0.5) is 0 Å². The molecule has 5 aliphatic rings. The molecule has 2 saturated heterocycles. The first-order valence-corrected chi connectivity index (χ1v) is 11.6. The molecule has 5 fully saturated rings. The fraction of sp³-hybridized carbons (Fsp3) is 0.667. The molecule has 3 saturated carbocycles. The average Bonchev–Trinajstić information content (AvgIpc) is 2.88. The minimum absolute atomic E-state index is 0.0161. The van der Waals surface area contributed by atoms with Crippen molar-refractivity contribution in [1.29, 1.82) is 0 Å². The van der Waals surface area contributed by atoms with E-state index in [1.807, 2.05) is 0 Å². The van der Waals surface area contributed by atoms with Crippen LogP contribution >= 0.6 is 0 Å². The highest BCUT2D eigenvalue weighted by Gasteiger charge is 2.90. The third-order valence-corrected chi connectivity index (χ3v) is 8.40. The Morgan fingerprint density at radius 2 is 1.80 bits per heavy atom. The van der Waals surface area contributed by atoms with Crippen LogP contribution in [0.25, 0.3) is 0 Å². The van der Waals surface area contributed by atoms with E-state index in [0.29, 0.717) is 0 Å². The van der Waals surface area contributed by atoms with Crippen LogP contribution in [-0.2, 0) is 23.7 Å². The highest BCUT2D eigenvalue weighted by atomic mass is 16.7. The average molecular weight is 494 g/mol. The molecular formula is C24H30O11. The van der Waals surface area contributed by atoms with Gasteiger partial charge in [0, 0.05) is 12.3 Å². The van der Waals surface area contributed by atoms with Gasteiger partial charge in [0.1, 0.15) is 47.6 Å². The molecule has 1 aromatic rings. The first kappa shape index (κ1) is 24.6. The van der Waals surface area contributed by atoms with E-state index in [1.54, 1.807) is 44.2 Å². The summed E-state index contributed by atoms with van der Waals surface area (Å²) in [5.74, 6) is -2.07. The zero-order valence-corrected chi connectivity index (χ0v) is 19.4. The predicted octanol–water partition coefficient (Wildman–Crippen LogP) is -1.12. The lowest BCUT2D eigenvalue weighted by Gasteiger charge is -2.69. The van der Waals surface area contributed by atoms with Crippen LogP contribution in [-0.4, -0.2) is 98.2 Å². The minimum Gasteiger partial charge on any atom is -0.461 e. The molecular weight excluding hydrogens is 464 g/mol. The highest BCUT2D eigenvalue weighted by Crippen LogP contribution is 2.75. The number of esters is 2. The zero-order chi connectivity index (χ0) is 25.4. The number of benzene rings is 1. The maximum absolute atomic E-state index is 13.4. The molecule has 3 aliphatic carbocycles. The van der Waals surface area contributed by atoms with Crippen LogP contribution in [0.1, 0.15) is 37.0 Å². The summed E-state index contributed by atoms with van der Waals surface area (Å²) in [6, 6.07) is 8.21. The normalized spacial score (nSPS) is 48.1. The van der Waals surface area contributed by atoms with Crippen molar-refractivity contribution in [2.45, 2.75) is 74.2 Å². The van der Waals surface area contributed by atoms with Gasteiger partial charge in [-0.3, -0.25) is 4.79 Å². The number of hydrogen-bond donors (Lipinski definition) is 5. The van der Waals surface area contributed by atoms with E-state index in [2.05, 4.69) is 0 Å². The molecule has 35 heavy (non-hydrogen) atoms. The summed E-state index contributed by atoms with van der Waals surface area (Å²) < 4.78 is 23.1. The summed E-state index contributed by atoms with van der Waals surface area (Å²) in [5, 5.41) is 51.7. The Morgan fingerprint density at radius 1 is 1.11 bits per heavy atom. The van der Waals surface area contributed by atoms with Gasteiger partial charge in [-0.25, -0.2) is 4.79 Å². The molecule has 0 amide bonds. The molecule has 0 spiro atoms. The van der Waals surface area contributed by atoms with E-state index in [0.717, 1.165) is 0 Å². The third-order valence-electron chi connectivity index (χ3n) is 8.40. The van der Waals surface area contributed by atoms with Crippen molar-refractivity contribution in [3.05, 3.63) is 35.9 Å². The molecule has 11 heteroatoms. The molecule has 1 aromatic carbocycles. The minimum atomic E-state index is -1.70.